The summed E-state index contributed by atoms with van der Waals surface area (Å²) < 4.78 is 5.28. The van der Waals surface area contributed by atoms with Gasteiger partial charge >= 0.3 is 0 Å². The van der Waals surface area contributed by atoms with Crippen LogP contribution in [0.5, 0.6) is 0 Å². The predicted molar refractivity (Wildman–Crippen MR) is 58.5 cm³/mol. The molecule has 0 saturated heterocycles. The van der Waals surface area contributed by atoms with E-state index in [1.54, 1.807) is 6.07 Å². The molecule has 4 heteroatoms. The molecule has 1 aromatic rings. The number of nitrogens with zero attached hydrogens (tertiary/aromatic N) is 1. The van der Waals surface area contributed by atoms with E-state index in [4.69, 9.17) is 14.8 Å². The standard InChI is InChI=1S/C12H16N2O2/c13-6-10-4-5-11(16-10)7-14-12-3-1-2-9(12)8-15/h4-5,9,12,14-15H,1-3,7-8H2. The van der Waals surface area contributed by atoms with Gasteiger partial charge in [0.05, 0.1) is 6.54 Å². The summed E-state index contributed by atoms with van der Waals surface area (Å²) in [5, 5.41) is 21.2. The van der Waals surface area contributed by atoms with Crippen molar-refractivity contribution in [1.29, 1.82) is 5.26 Å². The third kappa shape index (κ3) is 2.43. The molecule has 1 aliphatic rings. The maximum Gasteiger partial charge on any atom is 0.203 e. The molecule has 0 radical (unpaired) electrons. The van der Waals surface area contributed by atoms with Gasteiger partial charge in [0.2, 0.25) is 5.76 Å². The zero-order valence-corrected chi connectivity index (χ0v) is 9.15. The summed E-state index contributed by atoms with van der Waals surface area (Å²) >= 11 is 0. The molecule has 2 atom stereocenters. The number of rotatable bonds is 4. The Hall–Kier alpha value is -1.31. The minimum absolute atomic E-state index is 0.249. The normalized spacial score (nSPS) is 24.5. The number of nitrogens with one attached hydrogen (secondary N) is 1. The SMILES string of the molecule is N#Cc1ccc(CNC2CCCC2CO)o1. The van der Waals surface area contributed by atoms with Gasteiger partial charge in [-0.25, -0.2) is 0 Å². The van der Waals surface area contributed by atoms with Gasteiger partial charge in [-0.1, -0.05) is 6.42 Å². The van der Waals surface area contributed by atoms with Crippen LogP contribution < -0.4 is 5.32 Å². The number of aliphatic hydroxyl groups is 1. The zero-order valence-electron chi connectivity index (χ0n) is 9.15. The van der Waals surface area contributed by atoms with Crippen LogP contribution in [0.1, 0.15) is 30.8 Å². The lowest BCUT2D eigenvalue weighted by Gasteiger charge is -2.18. The van der Waals surface area contributed by atoms with Gasteiger partial charge in [-0.2, -0.15) is 5.26 Å². The van der Waals surface area contributed by atoms with E-state index in [1.807, 2.05) is 12.1 Å². The lowest BCUT2D eigenvalue weighted by molar-refractivity contribution is 0.203. The fraction of sp³-hybridized carbons (Fsp3) is 0.583. The third-order valence-electron chi connectivity index (χ3n) is 3.20. The highest BCUT2D eigenvalue weighted by Crippen LogP contribution is 2.25. The number of hydrogen-bond acceptors (Lipinski definition) is 4. The lowest BCUT2D eigenvalue weighted by Crippen LogP contribution is -2.33. The summed E-state index contributed by atoms with van der Waals surface area (Å²) in [6, 6.07) is 5.83. The molecule has 1 heterocycles. The molecule has 2 rings (SSSR count). The summed E-state index contributed by atoms with van der Waals surface area (Å²) in [6.45, 7) is 0.877. The van der Waals surface area contributed by atoms with Crippen molar-refractivity contribution in [3.63, 3.8) is 0 Å². The number of furan rings is 1. The molecule has 1 aliphatic carbocycles. The first-order valence-electron chi connectivity index (χ1n) is 5.66. The van der Waals surface area contributed by atoms with Crippen molar-refractivity contribution in [2.45, 2.75) is 31.8 Å². The van der Waals surface area contributed by atoms with Gasteiger partial charge in [-0.05, 0) is 30.9 Å². The molecule has 0 spiro atoms. The Kier molecular flexibility index (Phi) is 3.60. The summed E-state index contributed by atoms with van der Waals surface area (Å²) in [5.74, 6) is 1.49. The third-order valence-corrected chi connectivity index (χ3v) is 3.20. The van der Waals surface area contributed by atoms with Crippen LogP contribution in [0.3, 0.4) is 0 Å². The van der Waals surface area contributed by atoms with Crippen LogP contribution in [-0.4, -0.2) is 17.8 Å². The van der Waals surface area contributed by atoms with Crippen molar-refractivity contribution in [2.75, 3.05) is 6.61 Å². The largest absolute Gasteiger partial charge is 0.449 e. The molecule has 16 heavy (non-hydrogen) atoms. The van der Waals surface area contributed by atoms with E-state index in [0.717, 1.165) is 18.6 Å². The van der Waals surface area contributed by atoms with Crippen molar-refractivity contribution in [3.05, 3.63) is 23.7 Å². The fourth-order valence-electron chi connectivity index (χ4n) is 2.29. The van der Waals surface area contributed by atoms with Crippen molar-refractivity contribution in [3.8, 4) is 6.07 Å². The summed E-state index contributed by atoms with van der Waals surface area (Å²) in [7, 11) is 0. The first-order chi connectivity index (χ1) is 7.83. The Labute approximate surface area is 94.9 Å². The van der Waals surface area contributed by atoms with E-state index < -0.39 is 0 Å². The molecule has 0 aliphatic heterocycles. The second-order valence-electron chi connectivity index (χ2n) is 4.24. The van der Waals surface area contributed by atoms with Gasteiger partial charge in [-0.3, -0.25) is 0 Å². The van der Waals surface area contributed by atoms with Gasteiger partial charge in [-0.15, -0.1) is 0 Å². The first-order valence-corrected chi connectivity index (χ1v) is 5.66. The van der Waals surface area contributed by atoms with Crippen LogP contribution in [0.25, 0.3) is 0 Å². The minimum atomic E-state index is 0.249. The van der Waals surface area contributed by atoms with E-state index >= 15 is 0 Å². The summed E-state index contributed by atoms with van der Waals surface area (Å²) in [6.07, 6.45) is 3.37. The second-order valence-corrected chi connectivity index (χ2v) is 4.24. The molecular formula is C12H16N2O2. The molecule has 2 N–H and O–H groups in total. The molecule has 0 amide bonds. The molecule has 0 aromatic carbocycles. The van der Waals surface area contributed by atoms with Crippen LogP contribution in [0.15, 0.2) is 16.5 Å². The van der Waals surface area contributed by atoms with Gasteiger partial charge < -0.3 is 14.8 Å². The summed E-state index contributed by atoms with van der Waals surface area (Å²) in [5.41, 5.74) is 0. The van der Waals surface area contributed by atoms with Crippen molar-refractivity contribution in [1.82, 2.24) is 5.32 Å². The maximum absolute atomic E-state index is 9.17. The molecule has 2 unspecified atom stereocenters. The molecule has 4 nitrogen and oxygen atoms in total. The van der Waals surface area contributed by atoms with E-state index in [0.29, 0.717) is 24.3 Å². The number of aliphatic hydroxyl groups excluding tert-OH is 1. The van der Waals surface area contributed by atoms with Gasteiger partial charge in [0.25, 0.3) is 0 Å². The Morgan fingerprint density at radius 1 is 1.50 bits per heavy atom. The van der Waals surface area contributed by atoms with Gasteiger partial charge in [0.1, 0.15) is 11.8 Å². The van der Waals surface area contributed by atoms with Crippen LogP contribution >= 0.6 is 0 Å². The predicted octanol–water partition coefficient (Wildman–Crippen LogP) is 1.40. The maximum atomic E-state index is 9.17. The van der Waals surface area contributed by atoms with Gasteiger partial charge in [0, 0.05) is 12.6 Å². The Bertz CT molecular complexity index is 381. The molecule has 0 bridgehead atoms. The van der Waals surface area contributed by atoms with Crippen LogP contribution in [0, 0.1) is 17.2 Å². The Morgan fingerprint density at radius 2 is 2.38 bits per heavy atom. The Morgan fingerprint density at radius 3 is 3.06 bits per heavy atom. The molecule has 1 fully saturated rings. The van der Waals surface area contributed by atoms with E-state index in [-0.39, 0.29) is 6.61 Å². The highest BCUT2D eigenvalue weighted by molar-refractivity contribution is 5.19. The number of nitriles is 1. The molecular weight excluding hydrogens is 204 g/mol. The summed E-state index contributed by atoms with van der Waals surface area (Å²) in [4.78, 5) is 0. The van der Waals surface area contributed by atoms with Gasteiger partial charge in [0.15, 0.2) is 0 Å². The van der Waals surface area contributed by atoms with E-state index in [2.05, 4.69) is 5.32 Å². The van der Waals surface area contributed by atoms with Crippen LogP contribution in [-0.2, 0) is 6.54 Å². The van der Waals surface area contributed by atoms with Crippen molar-refractivity contribution in [2.24, 2.45) is 5.92 Å². The molecule has 1 aromatic heterocycles. The van der Waals surface area contributed by atoms with Crippen molar-refractivity contribution >= 4 is 0 Å². The highest BCUT2D eigenvalue weighted by atomic mass is 16.3. The topological polar surface area (TPSA) is 69.2 Å². The highest BCUT2D eigenvalue weighted by Gasteiger charge is 2.26. The first kappa shape index (κ1) is 11.2. The molecule has 86 valence electrons. The zero-order chi connectivity index (χ0) is 11.4. The van der Waals surface area contributed by atoms with E-state index in [1.165, 1.54) is 6.42 Å². The second kappa shape index (κ2) is 5.15. The smallest absolute Gasteiger partial charge is 0.203 e. The fourth-order valence-corrected chi connectivity index (χ4v) is 2.29. The van der Waals surface area contributed by atoms with E-state index in [9.17, 15) is 0 Å². The average molecular weight is 220 g/mol. The van der Waals surface area contributed by atoms with Crippen molar-refractivity contribution < 1.29 is 9.52 Å². The molecule has 1 saturated carbocycles. The van der Waals surface area contributed by atoms with Crippen LogP contribution in [0.2, 0.25) is 0 Å². The lowest BCUT2D eigenvalue weighted by atomic mass is 10.1. The minimum Gasteiger partial charge on any atom is -0.449 e. The average Bonchev–Trinajstić information content (AvgIpc) is 2.94. The quantitative estimate of drug-likeness (QED) is 0.804. The number of hydrogen-bond donors (Lipinski definition) is 2. The van der Waals surface area contributed by atoms with Crippen LogP contribution in [0.4, 0.5) is 0 Å². The Balaban J connectivity index is 1.85. The monoisotopic (exact) mass is 220 g/mol.